The van der Waals surface area contributed by atoms with Gasteiger partial charge in [-0.1, -0.05) is 23.8 Å². The van der Waals surface area contributed by atoms with Crippen molar-refractivity contribution in [2.75, 3.05) is 13.6 Å². The summed E-state index contributed by atoms with van der Waals surface area (Å²) in [6, 6.07) is 8.95. The van der Waals surface area contributed by atoms with Gasteiger partial charge in [-0.05, 0) is 49.7 Å². The van der Waals surface area contributed by atoms with Crippen LogP contribution in [0.4, 0.5) is 0 Å². The van der Waals surface area contributed by atoms with Crippen LogP contribution in [0.15, 0.2) is 42.7 Å². The Kier molecular flexibility index (Phi) is 3.52. The van der Waals surface area contributed by atoms with E-state index in [0.717, 1.165) is 17.8 Å². The minimum absolute atomic E-state index is 0.209. The minimum Gasteiger partial charge on any atom is -0.398 e. The Morgan fingerprint density at radius 2 is 2.00 bits per heavy atom. The van der Waals surface area contributed by atoms with Crippen LogP contribution in [0.25, 0.3) is 5.70 Å². The zero-order chi connectivity index (χ0) is 15.0. The third-order valence-corrected chi connectivity index (χ3v) is 4.22. The maximum Gasteiger partial charge on any atom is 0.0612 e. The third kappa shape index (κ3) is 2.45. The number of benzene rings is 1. The van der Waals surface area contributed by atoms with Gasteiger partial charge in [0.2, 0.25) is 0 Å². The maximum absolute atomic E-state index is 6.21. The summed E-state index contributed by atoms with van der Waals surface area (Å²) in [5, 5.41) is 0. The zero-order valence-electron chi connectivity index (χ0n) is 12.8. The standard InChI is InChI=1S/C18H21N3/c1-12-4-5-14(13(2)10-12)18-15-6-8-20-11-16(15)17(19)7-9-21(18)3/h4-8,10-11,18H,9,19H2,1-3H3. The SMILES string of the molecule is Cc1ccc(C2c3ccncc3C(N)=CCN2C)c(C)c1. The van der Waals surface area contributed by atoms with Crippen molar-refractivity contribution in [2.45, 2.75) is 19.9 Å². The highest BCUT2D eigenvalue weighted by Gasteiger charge is 2.25. The van der Waals surface area contributed by atoms with Gasteiger partial charge < -0.3 is 5.73 Å². The van der Waals surface area contributed by atoms with E-state index in [1.807, 2.05) is 12.4 Å². The van der Waals surface area contributed by atoms with Crippen molar-refractivity contribution in [3.63, 3.8) is 0 Å². The van der Waals surface area contributed by atoms with Crippen LogP contribution in [0.1, 0.15) is 33.9 Å². The molecule has 0 amide bonds. The number of likely N-dealkylation sites (N-methyl/N-ethyl adjacent to an activating group) is 1. The highest BCUT2D eigenvalue weighted by molar-refractivity contribution is 5.67. The molecule has 1 aromatic carbocycles. The number of hydrogen-bond acceptors (Lipinski definition) is 3. The van der Waals surface area contributed by atoms with Gasteiger partial charge in [-0.2, -0.15) is 0 Å². The summed E-state index contributed by atoms with van der Waals surface area (Å²) in [7, 11) is 2.14. The zero-order valence-corrected chi connectivity index (χ0v) is 12.8. The van der Waals surface area contributed by atoms with Gasteiger partial charge in [0.05, 0.1) is 6.04 Å². The summed E-state index contributed by atoms with van der Waals surface area (Å²) in [6.45, 7) is 5.14. The van der Waals surface area contributed by atoms with Crippen molar-refractivity contribution in [2.24, 2.45) is 5.73 Å². The Balaban J connectivity index is 2.19. The molecule has 0 aliphatic carbocycles. The average molecular weight is 279 g/mol. The fourth-order valence-electron chi connectivity index (χ4n) is 3.12. The Labute approximate surface area is 126 Å². The number of aromatic nitrogens is 1. The fraction of sp³-hybridized carbons (Fsp3) is 0.278. The smallest absolute Gasteiger partial charge is 0.0612 e. The van der Waals surface area contributed by atoms with E-state index in [-0.39, 0.29) is 6.04 Å². The van der Waals surface area contributed by atoms with Crippen LogP contribution in [0.2, 0.25) is 0 Å². The quantitative estimate of drug-likeness (QED) is 0.872. The van der Waals surface area contributed by atoms with Crippen molar-refractivity contribution >= 4 is 5.70 Å². The first-order valence-electron chi connectivity index (χ1n) is 7.25. The molecule has 2 N–H and O–H groups in total. The molecule has 1 aliphatic rings. The summed E-state index contributed by atoms with van der Waals surface area (Å²) < 4.78 is 0. The van der Waals surface area contributed by atoms with E-state index in [4.69, 9.17) is 5.73 Å². The van der Waals surface area contributed by atoms with Gasteiger partial charge in [-0.25, -0.2) is 0 Å². The number of nitrogens with two attached hydrogens (primary N) is 1. The van der Waals surface area contributed by atoms with Crippen LogP contribution in [-0.2, 0) is 0 Å². The van der Waals surface area contributed by atoms with E-state index in [1.165, 1.54) is 22.3 Å². The topological polar surface area (TPSA) is 42.1 Å². The van der Waals surface area contributed by atoms with Crippen LogP contribution in [0.3, 0.4) is 0 Å². The number of fused-ring (bicyclic) bond motifs is 1. The van der Waals surface area contributed by atoms with E-state index in [0.29, 0.717) is 0 Å². The molecule has 0 fully saturated rings. The van der Waals surface area contributed by atoms with Gasteiger partial charge in [-0.15, -0.1) is 0 Å². The highest BCUT2D eigenvalue weighted by atomic mass is 15.1. The van der Waals surface area contributed by atoms with Gasteiger partial charge >= 0.3 is 0 Å². The molecule has 3 heteroatoms. The second-order valence-corrected chi connectivity index (χ2v) is 5.82. The summed E-state index contributed by atoms with van der Waals surface area (Å²) in [6.07, 6.45) is 5.79. The Hall–Kier alpha value is -2.13. The molecule has 0 bridgehead atoms. The summed E-state index contributed by atoms with van der Waals surface area (Å²) in [4.78, 5) is 6.57. The first-order chi connectivity index (χ1) is 10.1. The first-order valence-corrected chi connectivity index (χ1v) is 7.25. The van der Waals surface area contributed by atoms with Crippen LogP contribution in [-0.4, -0.2) is 23.5 Å². The lowest BCUT2D eigenvalue weighted by molar-refractivity contribution is 0.310. The fourth-order valence-corrected chi connectivity index (χ4v) is 3.12. The molecule has 21 heavy (non-hydrogen) atoms. The average Bonchev–Trinajstić information content (AvgIpc) is 2.59. The van der Waals surface area contributed by atoms with Gasteiger partial charge in [0.1, 0.15) is 0 Å². The number of rotatable bonds is 1. The molecule has 2 heterocycles. The highest BCUT2D eigenvalue weighted by Crippen LogP contribution is 2.35. The van der Waals surface area contributed by atoms with Gasteiger partial charge in [0, 0.05) is 30.2 Å². The summed E-state index contributed by atoms with van der Waals surface area (Å²) in [5.74, 6) is 0. The molecule has 3 rings (SSSR count). The van der Waals surface area contributed by atoms with Gasteiger partial charge in [-0.3, -0.25) is 9.88 Å². The number of pyridine rings is 1. The van der Waals surface area contributed by atoms with Crippen LogP contribution in [0.5, 0.6) is 0 Å². The molecule has 0 saturated carbocycles. The molecule has 1 aliphatic heterocycles. The summed E-state index contributed by atoms with van der Waals surface area (Å²) >= 11 is 0. The molecule has 3 nitrogen and oxygen atoms in total. The predicted molar refractivity (Wildman–Crippen MR) is 86.8 cm³/mol. The number of hydrogen-bond donors (Lipinski definition) is 1. The maximum atomic E-state index is 6.21. The van der Waals surface area contributed by atoms with E-state index in [1.54, 1.807) is 0 Å². The lowest BCUT2D eigenvalue weighted by Crippen LogP contribution is -2.26. The number of aryl methyl sites for hydroxylation is 2. The molecule has 0 radical (unpaired) electrons. The predicted octanol–water partition coefficient (Wildman–Crippen LogP) is 3.03. The van der Waals surface area contributed by atoms with Crippen molar-refractivity contribution in [3.05, 3.63) is 70.6 Å². The van der Waals surface area contributed by atoms with Crippen molar-refractivity contribution in [1.29, 1.82) is 0 Å². The van der Waals surface area contributed by atoms with E-state index < -0.39 is 0 Å². The van der Waals surface area contributed by atoms with E-state index in [9.17, 15) is 0 Å². The van der Waals surface area contributed by atoms with Crippen LogP contribution in [0, 0.1) is 13.8 Å². The third-order valence-electron chi connectivity index (χ3n) is 4.22. The second-order valence-electron chi connectivity index (χ2n) is 5.82. The molecular formula is C18H21N3. The molecule has 1 unspecified atom stereocenters. The molecular weight excluding hydrogens is 258 g/mol. The Morgan fingerprint density at radius 3 is 2.76 bits per heavy atom. The molecule has 0 saturated heterocycles. The normalized spacial score (nSPS) is 18.8. The molecule has 1 atom stereocenters. The number of nitrogens with zero attached hydrogens (tertiary/aromatic N) is 2. The van der Waals surface area contributed by atoms with Crippen molar-refractivity contribution in [1.82, 2.24) is 9.88 Å². The lowest BCUT2D eigenvalue weighted by Gasteiger charge is -2.29. The van der Waals surface area contributed by atoms with Crippen molar-refractivity contribution < 1.29 is 0 Å². The van der Waals surface area contributed by atoms with E-state index in [2.05, 4.69) is 61.1 Å². The largest absolute Gasteiger partial charge is 0.398 e. The van der Waals surface area contributed by atoms with Crippen LogP contribution < -0.4 is 5.73 Å². The minimum atomic E-state index is 0.209. The summed E-state index contributed by atoms with van der Waals surface area (Å²) in [5.41, 5.74) is 13.2. The molecule has 0 spiro atoms. The second kappa shape index (κ2) is 5.34. The molecule has 1 aromatic heterocycles. The lowest BCUT2D eigenvalue weighted by atomic mass is 9.91. The van der Waals surface area contributed by atoms with E-state index >= 15 is 0 Å². The Morgan fingerprint density at radius 1 is 1.19 bits per heavy atom. The molecule has 108 valence electrons. The van der Waals surface area contributed by atoms with Crippen molar-refractivity contribution in [3.8, 4) is 0 Å². The first kappa shape index (κ1) is 13.8. The van der Waals surface area contributed by atoms with Gasteiger partial charge in [0.15, 0.2) is 0 Å². The van der Waals surface area contributed by atoms with Gasteiger partial charge in [0.25, 0.3) is 0 Å². The molecule has 2 aromatic rings. The van der Waals surface area contributed by atoms with Crippen LogP contribution >= 0.6 is 0 Å². The monoisotopic (exact) mass is 279 g/mol. The Bertz CT molecular complexity index is 703.